The zero-order valence-electron chi connectivity index (χ0n) is 14.6. The van der Waals surface area contributed by atoms with Crippen LogP contribution in [0.5, 0.6) is 0 Å². The SMILES string of the molecule is O=[N+]([O-])OC[C@H]1OC(n2cnc3c(NC4CCCC4)nc(Cl)nc32)[C@H](O)[C@@H]1O. The molecule has 13 heteroatoms. The minimum absolute atomic E-state index is 0.00369. The van der Waals surface area contributed by atoms with E-state index in [2.05, 4.69) is 25.1 Å². The van der Waals surface area contributed by atoms with Crippen LogP contribution in [-0.2, 0) is 9.57 Å². The van der Waals surface area contributed by atoms with Gasteiger partial charge in [0.1, 0.15) is 24.9 Å². The Labute approximate surface area is 163 Å². The molecule has 0 bridgehead atoms. The summed E-state index contributed by atoms with van der Waals surface area (Å²) in [5.41, 5.74) is 0.763. The maximum Gasteiger partial charge on any atom is 0.294 e. The number of aliphatic hydroxyl groups is 2. The molecule has 12 nitrogen and oxygen atoms in total. The number of aromatic nitrogens is 4. The molecule has 3 N–H and O–H groups in total. The van der Waals surface area contributed by atoms with Crippen LogP contribution in [-0.4, -0.2) is 65.8 Å². The number of imidazole rings is 1. The van der Waals surface area contributed by atoms with Crippen LogP contribution < -0.4 is 5.32 Å². The Bertz CT molecular complexity index is 874. The topological polar surface area (TPSA) is 158 Å². The molecule has 1 aliphatic carbocycles. The third-order valence-corrected chi connectivity index (χ3v) is 5.21. The Morgan fingerprint density at radius 3 is 2.82 bits per heavy atom. The molecule has 4 atom stereocenters. The molecule has 152 valence electrons. The zero-order chi connectivity index (χ0) is 19.8. The second-order valence-corrected chi connectivity index (χ2v) is 7.19. The molecule has 4 rings (SSSR count). The smallest absolute Gasteiger partial charge is 0.294 e. The largest absolute Gasteiger partial charge is 0.387 e. The first-order valence-electron chi connectivity index (χ1n) is 8.89. The lowest BCUT2D eigenvalue weighted by molar-refractivity contribution is -0.759. The molecule has 2 aromatic heterocycles. The molecule has 2 aromatic rings. The van der Waals surface area contributed by atoms with Gasteiger partial charge in [0.05, 0.1) is 6.33 Å². The van der Waals surface area contributed by atoms with E-state index in [4.69, 9.17) is 16.3 Å². The van der Waals surface area contributed by atoms with E-state index in [-0.39, 0.29) is 11.3 Å². The van der Waals surface area contributed by atoms with Crippen LogP contribution >= 0.6 is 11.6 Å². The van der Waals surface area contributed by atoms with E-state index in [1.54, 1.807) is 0 Å². The van der Waals surface area contributed by atoms with Gasteiger partial charge in [-0.1, -0.05) is 12.8 Å². The Kier molecular flexibility index (Phi) is 5.19. The summed E-state index contributed by atoms with van der Waals surface area (Å²) in [5.74, 6) is 0.488. The van der Waals surface area contributed by atoms with Gasteiger partial charge in [0.25, 0.3) is 5.09 Å². The van der Waals surface area contributed by atoms with Crippen molar-refractivity contribution >= 4 is 28.6 Å². The maximum atomic E-state index is 10.4. The van der Waals surface area contributed by atoms with Crippen LogP contribution in [0.3, 0.4) is 0 Å². The summed E-state index contributed by atoms with van der Waals surface area (Å²) in [5, 5.41) is 33.2. The number of nitrogens with one attached hydrogen (secondary N) is 1. The van der Waals surface area contributed by atoms with Gasteiger partial charge in [0.15, 0.2) is 23.2 Å². The molecule has 1 saturated heterocycles. The first kappa shape index (κ1) is 19.1. The molecule has 2 fully saturated rings. The van der Waals surface area contributed by atoms with Crippen molar-refractivity contribution in [3.8, 4) is 0 Å². The minimum Gasteiger partial charge on any atom is -0.387 e. The maximum absolute atomic E-state index is 10.4. The molecule has 28 heavy (non-hydrogen) atoms. The fraction of sp³-hybridized carbons (Fsp3) is 0.667. The summed E-state index contributed by atoms with van der Waals surface area (Å²) in [4.78, 5) is 27.3. The van der Waals surface area contributed by atoms with Gasteiger partial charge in [-0.15, -0.1) is 10.1 Å². The first-order valence-corrected chi connectivity index (χ1v) is 9.27. The van der Waals surface area contributed by atoms with Gasteiger partial charge in [-0.05, 0) is 24.4 Å². The van der Waals surface area contributed by atoms with Gasteiger partial charge in [-0.2, -0.15) is 9.97 Å². The average Bonchev–Trinajstić information content (AvgIpc) is 3.35. The number of hydrogen-bond donors (Lipinski definition) is 3. The molecule has 0 amide bonds. The van der Waals surface area contributed by atoms with E-state index in [9.17, 15) is 20.3 Å². The molecule has 0 aromatic carbocycles. The normalized spacial score (nSPS) is 28.1. The van der Waals surface area contributed by atoms with E-state index in [0.717, 1.165) is 25.7 Å². The second-order valence-electron chi connectivity index (χ2n) is 6.86. The van der Waals surface area contributed by atoms with Crippen LogP contribution in [0.15, 0.2) is 6.33 Å². The number of anilines is 1. The van der Waals surface area contributed by atoms with Gasteiger partial charge in [-0.3, -0.25) is 4.57 Å². The van der Waals surface area contributed by atoms with Crippen molar-refractivity contribution in [2.24, 2.45) is 0 Å². The van der Waals surface area contributed by atoms with E-state index >= 15 is 0 Å². The Hall–Kier alpha value is -2.28. The monoisotopic (exact) mass is 414 g/mol. The molecule has 1 saturated carbocycles. The fourth-order valence-corrected chi connectivity index (χ4v) is 3.84. The highest BCUT2D eigenvalue weighted by atomic mass is 35.5. The van der Waals surface area contributed by atoms with Gasteiger partial charge in [-0.25, -0.2) is 4.98 Å². The van der Waals surface area contributed by atoms with Gasteiger partial charge >= 0.3 is 0 Å². The lowest BCUT2D eigenvalue weighted by Crippen LogP contribution is -2.34. The average molecular weight is 415 g/mol. The van der Waals surface area contributed by atoms with E-state index < -0.39 is 36.2 Å². The third-order valence-electron chi connectivity index (χ3n) is 5.05. The number of hydrogen-bond acceptors (Lipinski definition) is 10. The number of ether oxygens (including phenoxy) is 1. The minimum atomic E-state index is -1.38. The van der Waals surface area contributed by atoms with Crippen LogP contribution in [0.1, 0.15) is 31.9 Å². The predicted molar refractivity (Wildman–Crippen MR) is 95.1 cm³/mol. The summed E-state index contributed by atoms with van der Waals surface area (Å²) in [7, 11) is 0. The molecule has 0 radical (unpaired) electrons. The number of fused-ring (bicyclic) bond motifs is 1. The van der Waals surface area contributed by atoms with Crippen molar-refractivity contribution in [2.45, 2.75) is 56.3 Å². The molecule has 3 heterocycles. The summed E-state index contributed by atoms with van der Waals surface area (Å²) in [6.45, 7) is -0.515. The fourth-order valence-electron chi connectivity index (χ4n) is 3.67. The van der Waals surface area contributed by atoms with E-state index in [0.29, 0.717) is 17.0 Å². The van der Waals surface area contributed by atoms with Gasteiger partial charge in [0.2, 0.25) is 5.28 Å². The number of nitrogens with zero attached hydrogens (tertiary/aromatic N) is 5. The number of rotatable bonds is 6. The van der Waals surface area contributed by atoms with Crippen molar-refractivity contribution in [3.63, 3.8) is 0 Å². The summed E-state index contributed by atoms with van der Waals surface area (Å²) in [6.07, 6.45) is 0.836. The molecular weight excluding hydrogens is 396 g/mol. The highest BCUT2D eigenvalue weighted by Crippen LogP contribution is 2.33. The van der Waals surface area contributed by atoms with E-state index in [1.807, 2.05) is 0 Å². The van der Waals surface area contributed by atoms with Crippen molar-refractivity contribution < 1.29 is 24.9 Å². The Morgan fingerprint density at radius 1 is 1.36 bits per heavy atom. The van der Waals surface area contributed by atoms with Crippen molar-refractivity contribution in [3.05, 3.63) is 21.7 Å². The zero-order valence-corrected chi connectivity index (χ0v) is 15.4. The summed E-state index contributed by atoms with van der Waals surface area (Å²) < 4.78 is 6.99. The standard InChI is InChI=1S/C15H19ClN6O6/c16-15-19-12(18-7-3-1-2-4-7)9-13(20-15)21(6-17-9)14-11(24)10(23)8(28-14)5-27-22(25)26/h6-8,10-11,14,23-24H,1-5H2,(H,18,19,20)/t8-,10-,11-,14?/m1/s1. The third kappa shape index (κ3) is 3.55. The molecule has 2 aliphatic rings. The predicted octanol–water partition coefficient (Wildman–Crippen LogP) is 0.662. The van der Waals surface area contributed by atoms with Crippen LogP contribution in [0.2, 0.25) is 5.28 Å². The number of halogens is 1. The van der Waals surface area contributed by atoms with E-state index in [1.165, 1.54) is 10.9 Å². The summed E-state index contributed by atoms with van der Waals surface area (Å²) in [6, 6.07) is 0.276. The highest BCUT2D eigenvalue weighted by molar-refractivity contribution is 6.28. The lowest BCUT2D eigenvalue weighted by Gasteiger charge is -2.17. The number of aliphatic hydroxyl groups excluding tert-OH is 2. The Balaban J connectivity index is 1.62. The van der Waals surface area contributed by atoms with Crippen molar-refractivity contribution in [1.29, 1.82) is 0 Å². The summed E-state index contributed by atoms with van der Waals surface area (Å²) >= 11 is 6.07. The molecule has 0 spiro atoms. The molecule has 1 unspecified atom stereocenters. The van der Waals surface area contributed by atoms with Crippen LogP contribution in [0.25, 0.3) is 11.2 Å². The van der Waals surface area contributed by atoms with Gasteiger partial charge < -0.3 is 25.1 Å². The van der Waals surface area contributed by atoms with Crippen LogP contribution in [0, 0.1) is 10.1 Å². The quantitative estimate of drug-likeness (QED) is 0.348. The highest BCUT2D eigenvalue weighted by Gasteiger charge is 2.45. The lowest BCUT2D eigenvalue weighted by atomic mass is 10.1. The molecule has 1 aliphatic heterocycles. The van der Waals surface area contributed by atoms with Crippen LogP contribution in [0.4, 0.5) is 5.82 Å². The Morgan fingerprint density at radius 2 is 2.11 bits per heavy atom. The van der Waals surface area contributed by atoms with Crippen molar-refractivity contribution in [2.75, 3.05) is 11.9 Å². The first-order chi connectivity index (χ1) is 13.4. The molecular formula is C15H19ClN6O6. The van der Waals surface area contributed by atoms with Gasteiger partial charge in [0, 0.05) is 6.04 Å². The van der Waals surface area contributed by atoms with Crippen molar-refractivity contribution in [1.82, 2.24) is 19.5 Å². The second kappa shape index (κ2) is 7.62.